The van der Waals surface area contributed by atoms with E-state index in [-0.39, 0.29) is 5.91 Å². The van der Waals surface area contributed by atoms with E-state index < -0.39 is 22.0 Å². The second-order valence-electron chi connectivity index (χ2n) is 6.86. The van der Waals surface area contributed by atoms with Gasteiger partial charge in [0.25, 0.3) is 5.91 Å². The summed E-state index contributed by atoms with van der Waals surface area (Å²) in [5.41, 5.74) is 1.93. The maximum atomic E-state index is 12.9. The Labute approximate surface area is 172 Å². The Kier molecular flexibility index (Phi) is 7.39. The number of carbonyl (C=O) groups is 2. The summed E-state index contributed by atoms with van der Waals surface area (Å²) in [6.45, 7) is 5.83. The molecule has 0 saturated heterocycles. The van der Waals surface area contributed by atoms with Crippen LogP contribution < -0.4 is 14.9 Å². The highest BCUT2D eigenvalue weighted by atomic mass is 32.2. The van der Waals surface area contributed by atoms with Crippen molar-refractivity contribution in [2.75, 3.05) is 22.4 Å². The van der Waals surface area contributed by atoms with Crippen LogP contribution in [-0.4, -0.2) is 39.1 Å². The standard InChI is InChI=1S/C21H27N3O4S/c1-5-13-22-21(26)18-11-6-7-12-19(18)23-20(25)16(3)24(29(4,27)28)17-10-8-9-15(2)14-17/h6-12,14,16H,5,13H2,1-4H3,(H,22,26)(H,23,25)/t16-/m1/s1. The first-order valence-electron chi connectivity index (χ1n) is 9.39. The molecule has 2 amide bonds. The normalized spacial score (nSPS) is 12.1. The molecule has 2 rings (SSSR count). The first-order chi connectivity index (χ1) is 13.6. The van der Waals surface area contributed by atoms with Crippen LogP contribution >= 0.6 is 0 Å². The average Bonchev–Trinajstić information content (AvgIpc) is 2.65. The fourth-order valence-electron chi connectivity index (χ4n) is 2.93. The van der Waals surface area contributed by atoms with E-state index in [4.69, 9.17) is 0 Å². The lowest BCUT2D eigenvalue weighted by Gasteiger charge is -2.28. The highest BCUT2D eigenvalue weighted by Crippen LogP contribution is 2.23. The van der Waals surface area contributed by atoms with Gasteiger partial charge in [-0.15, -0.1) is 0 Å². The van der Waals surface area contributed by atoms with Gasteiger partial charge in [0, 0.05) is 6.54 Å². The number of carbonyl (C=O) groups excluding carboxylic acids is 2. The molecular formula is C21H27N3O4S. The van der Waals surface area contributed by atoms with Gasteiger partial charge in [0.2, 0.25) is 15.9 Å². The van der Waals surface area contributed by atoms with Gasteiger partial charge in [-0.3, -0.25) is 13.9 Å². The summed E-state index contributed by atoms with van der Waals surface area (Å²) in [5.74, 6) is -0.832. The molecule has 1 atom stereocenters. The summed E-state index contributed by atoms with van der Waals surface area (Å²) < 4.78 is 25.9. The van der Waals surface area contributed by atoms with Crippen molar-refractivity contribution in [3.05, 3.63) is 59.7 Å². The number of anilines is 2. The van der Waals surface area contributed by atoms with Crippen molar-refractivity contribution in [3.8, 4) is 0 Å². The molecule has 0 bridgehead atoms. The number of nitrogens with one attached hydrogen (secondary N) is 2. The zero-order chi connectivity index (χ0) is 21.6. The van der Waals surface area contributed by atoms with Crippen LogP contribution in [-0.2, 0) is 14.8 Å². The lowest BCUT2D eigenvalue weighted by molar-refractivity contribution is -0.116. The lowest BCUT2D eigenvalue weighted by atomic mass is 10.1. The van der Waals surface area contributed by atoms with Crippen molar-refractivity contribution >= 4 is 33.2 Å². The summed E-state index contributed by atoms with van der Waals surface area (Å²) in [7, 11) is -3.72. The third-order valence-corrected chi connectivity index (χ3v) is 5.55. The quantitative estimate of drug-likeness (QED) is 0.690. The highest BCUT2D eigenvalue weighted by molar-refractivity contribution is 7.92. The van der Waals surface area contributed by atoms with Gasteiger partial charge in [-0.1, -0.05) is 31.2 Å². The zero-order valence-corrected chi connectivity index (χ0v) is 17.9. The maximum Gasteiger partial charge on any atom is 0.253 e. The molecule has 0 radical (unpaired) electrons. The van der Waals surface area contributed by atoms with Crippen LogP contribution in [0.25, 0.3) is 0 Å². The molecule has 8 heteroatoms. The third kappa shape index (κ3) is 5.80. The van der Waals surface area contributed by atoms with Crippen molar-refractivity contribution < 1.29 is 18.0 Å². The minimum atomic E-state index is -3.72. The van der Waals surface area contributed by atoms with Crippen LogP contribution in [0.2, 0.25) is 0 Å². The largest absolute Gasteiger partial charge is 0.352 e. The molecule has 0 fully saturated rings. The number of rotatable bonds is 8. The molecule has 0 aliphatic rings. The molecule has 7 nitrogen and oxygen atoms in total. The number of nitrogens with zero attached hydrogens (tertiary/aromatic N) is 1. The minimum Gasteiger partial charge on any atom is -0.352 e. The summed E-state index contributed by atoms with van der Waals surface area (Å²) in [5, 5.41) is 5.47. The Morgan fingerprint density at radius 1 is 1.10 bits per heavy atom. The molecular weight excluding hydrogens is 390 g/mol. The summed E-state index contributed by atoms with van der Waals surface area (Å²) in [4.78, 5) is 25.3. The van der Waals surface area contributed by atoms with Gasteiger partial charge in [-0.05, 0) is 50.1 Å². The summed E-state index contributed by atoms with van der Waals surface area (Å²) in [6.07, 6.45) is 1.85. The topological polar surface area (TPSA) is 95.6 Å². The number of aryl methyl sites for hydroxylation is 1. The van der Waals surface area contributed by atoms with Crippen LogP contribution in [0.5, 0.6) is 0 Å². The van der Waals surface area contributed by atoms with Gasteiger partial charge >= 0.3 is 0 Å². The van der Waals surface area contributed by atoms with E-state index in [2.05, 4.69) is 10.6 Å². The number of hydrogen-bond donors (Lipinski definition) is 2. The first kappa shape index (κ1) is 22.4. The van der Waals surface area contributed by atoms with Crippen molar-refractivity contribution in [1.82, 2.24) is 5.32 Å². The van der Waals surface area contributed by atoms with Crippen LogP contribution in [0.4, 0.5) is 11.4 Å². The van der Waals surface area contributed by atoms with Crippen molar-refractivity contribution in [1.29, 1.82) is 0 Å². The van der Waals surface area contributed by atoms with Gasteiger partial charge in [0.15, 0.2) is 0 Å². The Bertz CT molecular complexity index is 989. The van der Waals surface area contributed by atoms with E-state index in [0.29, 0.717) is 23.5 Å². The molecule has 0 heterocycles. The van der Waals surface area contributed by atoms with Crippen molar-refractivity contribution in [2.24, 2.45) is 0 Å². The van der Waals surface area contributed by atoms with Gasteiger partial charge in [0.1, 0.15) is 6.04 Å². The average molecular weight is 418 g/mol. The molecule has 0 aliphatic heterocycles. The van der Waals surface area contributed by atoms with Crippen molar-refractivity contribution in [2.45, 2.75) is 33.2 Å². The molecule has 0 aromatic heterocycles. The molecule has 2 N–H and O–H groups in total. The Balaban J connectivity index is 2.31. The smallest absolute Gasteiger partial charge is 0.253 e. The number of sulfonamides is 1. The Morgan fingerprint density at radius 3 is 2.41 bits per heavy atom. The monoisotopic (exact) mass is 417 g/mol. The van der Waals surface area contributed by atoms with E-state index in [0.717, 1.165) is 22.5 Å². The van der Waals surface area contributed by atoms with Gasteiger partial charge in [-0.25, -0.2) is 8.42 Å². The van der Waals surface area contributed by atoms with E-state index >= 15 is 0 Å². The molecule has 0 spiro atoms. The minimum absolute atomic E-state index is 0.297. The van der Waals surface area contributed by atoms with Crippen LogP contribution in [0, 0.1) is 6.92 Å². The van der Waals surface area contributed by atoms with Crippen LogP contribution in [0.15, 0.2) is 48.5 Å². The zero-order valence-electron chi connectivity index (χ0n) is 17.1. The number of amides is 2. The second-order valence-corrected chi connectivity index (χ2v) is 8.72. The fraction of sp³-hybridized carbons (Fsp3) is 0.333. The first-order valence-corrected chi connectivity index (χ1v) is 11.2. The highest BCUT2D eigenvalue weighted by Gasteiger charge is 2.29. The molecule has 0 unspecified atom stereocenters. The van der Waals surface area contributed by atoms with E-state index in [1.54, 1.807) is 42.5 Å². The van der Waals surface area contributed by atoms with Gasteiger partial charge in [-0.2, -0.15) is 0 Å². The van der Waals surface area contributed by atoms with E-state index in [1.807, 2.05) is 19.9 Å². The number of benzene rings is 2. The van der Waals surface area contributed by atoms with Crippen LogP contribution in [0.1, 0.15) is 36.2 Å². The predicted molar refractivity (Wildman–Crippen MR) is 116 cm³/mol. The summed E-state index contributed by atoms with van der Waals surface area (Å²) >= 11 is 0. The van der Waals surface area contributed by atoms with Crippen LogP contribution in [0.3, 0.4) is 0 Å². The number of hydrogen-bond acceptors (Lipinski definition) is 4. The SMILES string of the molecule is CCCNC(=O)c1ccccc1NC(=O)[C@@H](C)N(c1cccc(C)c1)S(C)(=O)=O. The Morgan fingerprint density at radius 2 is 1.79 bits per heavy atom. The maximum absolute atomic E-state index is 12.9. The van der Waals surface area contributed by atoms with E-state index in [1.165, 1.54) is 6.92 Å². The Hall–Kier alpha value is -2.87. The fourth-order valence-corrected chi connectivity index (χ4v) is 4.10. The predicted octanol–water partition coefficient (Wildman–Crippen LogP) is 2.93. The lowest BCUT2D eigenvalue weighted by Crippen LogP contribution is -2.45. The number of para-hydroxylation sites is 1. The molecule has 29 heavy (non-hydrogen) atoms. The van der Waals surface area contributed by atoms with Gasteiger partial charge in [0.05, 0.1) is 23.2 Å². The summed E-state index contributed by atoms with van der Waals surface area (Å²) in [6, 6.07) is 12.5. The molecule has 2 aromatic carbocycles. The molecule has 0 aliphatic carbocycles. The van der Waals surface area contributed by atoms with E-state index in [9.17, 15) is 18.0 Å². The van der Waals surface area contributed by atoms with Crippen molar-refractivity contribution in [3.63, 3.8) is 0 Å². The third-order valence-electron chi connectivity index (χ3n) is 4.31. The molecule has 156 valence electrons. The molecule has 2 aromatic rings. The van der Waals surface area contributed by atoms with Gasteiger partial charge < -0.3 is 10.6 Å². The second kappa shape index (κ2) is 9.56. The molecule has 0 saturated carbocycles.